The van der Waals surface area contributed by atoms with Gasteiger partial charge in [0.05, 0.1) is 32.5 Å². The second-order valence-electron chi connectivity index (χ2n) is 6.37. The van der Waals surface area contributed by atoms with Crippen molar-refractivity contribution in [1.82, 2.24) is 0 Å². The van der Waals surface area contributed by atoms with Gasteiger partial charge in [-0.05, 0) is 32.9 Å². The molecule has 0 radical (unpaired) electrons. The molecule has 2 aromatic rings. The average Bonchev–Trinajstić information content (AvgIpc) is 2.76. The van der Waals surface area contributed by atoms with Crippen molar-refractivity contribution in [3.63, 3.8) is 0 Å². The Morgan fingerprint density at radius 2 is 1.66 bits per heavy atom. The number of ether oxygens (including phenoxy) is 4. The zero-order chi connectivity index (χ0) is 23.7. The quantitative estimate of drug-likeness (QED) is 0.377. The highest BCUT2D eigenvalue weighted by atomic mass is 35.5. The van der Waals surface area contributed by atoms with Crippen LogP contribution in [-0.2, 0) is 9.59 Å². The lowest BCUT2D eigenvalue weighted by molar-refractivity contribution is -0.126. The summed E-state index contributed by atoms with van der Waals surface area (Å²) in [5, 5.41) is 10.9. The highest BCUT2D eigenvalue weighted by Crippen LogP contribution is 2.39. The Bertz CT molecular complexity index is 972. The van der Waals surface area contributed by atoms with E-state index in [1.807, 2.05) is 13.8 Å². The van der Waals surface area contributed by atoms with Crippen LogP contribution in [-0.4, -0.2) is 45.2 Å². The summed E-state index contributed by atoms with van der Waals surface area (Å²) in [7, 11) is 2.90. The van der Waals surface area contributed by atoms with E-state index < -0.39 is 17.7 Å². The van der Waals surface area contributed by atoms with Gasteiger partial charge in [-0.1, -0.05) is 17.7 Å². The molecule has 0 aromatic heterocycles. The number of nitrogens with zero attached hydrogens (tertiary/aromatic N) is 2. The number of ketones is 1. The smallest absolute Gasteiger partial charge is 0.258 e. The number of methoxy groups -OCH3 is 2. The minimum atomic E-state index is -1.43. The molecule has 9 nitrogen and oxygen atoms in total. The van der Waals surface area contributed by atoms with E-state index in [1.165, 1.54) is 27.2 Å². The number of carbonyl (C=O) groups excluding carboxylic acids is 2. The normalized spacial score (nSPS) is 11.7. The Kier molecular flexibility index (Phi) is 9.27. The second kappa shape index (κ2) is 11.9. The van der Waals surface area contributed by atoms with E-state index in [0.29, 0.717) is 30.5 Å². The molecule has 0 aliphatic carbocycles. The summed E-state index contributed by atoms with van der Waals surface area (Å²) < 4.78 is 21.6. The van der Waals surface area contributed by atoms with Gasteiger partial charge in [-0.3, -0.25) is 9.59 Å². The predicted molar refractivity (Wildman–Crippen MR) is 121 cm³/mol. The molecule has 1 unspecified atom stereocenters. The maximum absolute atomic E-state index is 12.9. The highest BCUT2D eigenvalue weighted by molar-refractivity contribution is 6.34. The Balaban J connectivity index is 2.38. The summed E-state index contributed by atoms with van der Waals surface area (Å²) in [5.74, 6) is 0.320. The minimum Gasteiger partial charge on any atom is -0.497 e. The van der Waals surface area contributed by atoms with Crippen LogP contribution in [0.3, 0.4) is 0 Å². The molecule has 32 heavy (non-hydrogen) atoms. The predicted octanol–water partition coefficient (Wildman–Crippen LogP) is 4.83. The zero-order valence-electron chi connectivity index (χ0n) is 18.6. The van der Waals surface area contributed by atoms with Crippen LogP contribution in [0.25, 0.3) is 0 Å². The van der Waals surface area contributed by atoms with Crippen molar-refractivity contribution in [1.29, 1.82) is 0 Å². The number of amides is 1. The Morgan fingerprint density at radius 1 is 1.03 bits per heavy atom. The lowest BCUT2D eigenvalue weighted by Gasteiger charge is -2.15. The zero-order valence-corrected chi connectivity index (χ0v) is 19.4. The first-order chi connectivity index (χ1) is 15.4. The maximum Gasteiger partial charge on any atom is 0.258 e. The highest BCUT2D eigenvalue weighted by Gasteiger charge is 2.26. The molecule has 2 rings (SSSR count). The molecule has 0 saturated heterocycles. The SMILES string of the molecule is CCOc1cccc(OCC)c1N=NC(C(C)=O)C(=O)Nc1c(Cl)cc(OC)cc1OC. The third-order valence-corrected chi connectivity index (χ3v) is 4.50. The van der Waals surface area contributed by atoms with E-state index in [-0.39, 0.29) is 22.1 Å². The molecule has 0 spiro atoms. The van der Waals surface area contributed by atoms with Gasteiger partial charge < -0.3 is 24.3 Å². The summed E-state index contributed by atoms with van der Waals surface area (Å²) in [6, 6.07) is 6.79. The van der Waals surface area contributed by atoms with E-state index in [1.54, 1.807) is 24.3 Å². The molecule has 0 fully saturated rings. The fourth-order valence-electron chi connectivity index (χ4n) is 2.73. The second-order valence-corrected chi connectivity index (χ2v) is 6.78. The molecule has 0 saturated carbocycles. The molecule has 0 aliphatic rings. The van der Waals surface area contributed by atoms with E-state index in [4.69, 9.17) is 30.5 Å². The number of halogens is 1. The van der Waals surface area contributed by atoms with Gasteiger partial charge >= 0.3 is 0 Å². The number of benzene rings is 2. The fraction of sp³-hybridized carbons (Fsp3) is 0.364. The summed E-state index contributed by atoms with van der Waals surface area (Å²) in [6.45, 7) is 5.68. The van der Waals surface area contributed by atoms with E-state index >= 15 is 0 Å². The monoisotopic (exact) mass is 463 g/mol. The molecule has 1 atom stereocenters. The summed E-state index contributed by atoms with van der Waals surface area (Å²) >= 11 is 6.26. The van der Waals surface area contributed by atoms with Crippen molar-refractivity contribution >= 4 is 34.7 Å². The Morgan fingerprint density at radius 3 is 2.16 bits per heavy atom. The van der Waals surface area contributed by atoms with Crippen molar-refractivity contribution in [2.24, 2.45) is 10.2 Å². The van der Waals surface area contributed by atoms with E-state index in [9.17, 15) is 9.59 Å². The van der Waals surface area contributed by atoms with Gasteiger partial charge in [-0.15, -0.1) is 5.11 Å². The molecule has 1 N–H and O–H groups in total. The van der Waals surface area contributed by atoms with Crippen LogP contribution >= 0.6 is 11.6 Å². The number of nitrogens with one attached hydrogen (secondary N) is 1. The van der Waals surface area contributed by atoms with Gasteiger partial charge in [-0.25, -0.2) is 0 Å². The van der Waals surface area contributed by atoms with Gasteiger partial charge in [0.15, 0.2) is 23.0 Å². The van der Waals surface area contributed by atoms with Crippen molar-refractivity contribution in [2.75, 3.05) is 32.8 Å². The Hall–Kier alpha value is -3.33. The van der Waals surface area contributed by atoms with Crippen LogP contribution in [0.4, 0.5) is 11.4 Å². The maximum atomic E-state index is 12.9. The van der Waals surface area contributed by atoms with Gasteiger partial charge in [0.25, 0.3) is 5.91 Å². The van der Waals surface area contributed by atoms with Gasteiger partial charge in [0, 0.05) is 12.1 Å². The van der Waals surface area contributed by atoms with E-state index in [0.717, 1.165) is 0 Å². The number of azo groups is 1. The number of rotatable bonds is 11. The number of hydrogen-bond acceptors (Lipinski definition) is 8. The van der Waals surface area contributed by atoms with Crippen molar-refractivity contribution < 1.29 is 28.5 Å². The lowest BCUT2D eigenvalue weighted by Crippen LogP contribution is -2.32. The fourth-order valence-corrected chi connectivity index (χ4v) is 2.98. The molecular weight excluding hydrogens is 438 g/mol. The topological polar surface area (TPSA) is 108 Å². The number of hydrogen-bond donors (Lipinski definition) is 1. The van der Waals surface area contributed by atoms with Crippen LogP contribution in [0.5, 0.6) is 23.0 Å². The average molecular weight is 464 g/mol. The molecule has 2 aromatic carbocycles. The van der Waals surface area contributed by atoms with Crippen LogP contribution in [0.2, 0.25) is 5.02 Å². The lowest BCUT2D eigenvalue weighted by atomic mass is 10.2. The van der Waals surface area contributed by atoms with E-state index in [2.05, 4.69) is 15.5 Å². The number of carbonyl (C=O) groups is 2. The summed E-state index contributed by atoms with van der Waals surface area (Å²) in [6.07, 6.45) is 0. The van der Waals surface area contributed by atoms with Gasteiger partial charge in [0.1, 0.15) is 17.2 Å². The van der Waals surface area contributed by atoms with Gasteiger partial charge in [0.2, 0.25) is 6.04 Å². The third kappa shape index (κ3) is 6.10. The summed E-state index contributed by atoms with van der Waals surface area (Å²) in [5.41, 5.74) is 0.474. The van der Waals surface area contributed by atoms with Crippen molar-refractivity contribution in [2.45, 2.75) is 26.8 Å². The number of Topliss-reactive ketones (excluding diaryl/α,β-unsaturated/α-hetero) is 1. The Labute approximate surface area is 191 Å². The molecule has 172 valence electrons. The molecule has 1 amide bonds. The van der Waals surface area contributed by atoms with Crippen LogP contribution in [0.1, 0.15) is 20.8 Å². The van der Waals surface area contributed by atoms with Gasteiger partial charge in [-0.2, -0.15) is 5.11 Å². The first-order valence-electron chi connectivity index (χ1n) is 9.88. The first kappa shape index (κ1) is 24.9. The third-order valence-electron chi connectivity index (χ3n) is 4.20. The molecular formula is C22H26ClN3O6. The van der Waals surface area contributed by atoms with Crippen LogP contribution in [0, 0.1) is 0 Å². The molecule has 0 heterocycles. The molecule has 0 aliphatic heterocycles. The van der Waals surface area contributed by atoms with Crippen molar-refractivity contribution in [3.05, 3.63) is 35.4 Å². The number of anilines is 1. The standard InChI is InChI=1S/C22H26ClN3O6/c1-6-31-16-9-8-10-17(32-7-2)21(16)26-25-19(13(3)27)22(28)24-20-15(23)11-14(29-4)12-18(20)30-5/h8-12,19H,6-7H2,1-5H3,(H,24,28). The summed E-state index contributed by atoms with van der Waals surface area (Å²) in [4.78, 5) is 25.1. The molecule has 10 heteroatoms. The minimum absolute atomic E-state index is 0.175. The van der Waals surface area contributed by atoms with Crippen LogP contribution < -0.4 is 24.3 Å². The largest absolute Gasteiger partial charge is 0.497 e. The van der Waals surface area contributed by atoms with Crippen molar-refractivity contribution in [3.8, 4) is 23.0 Å². The first-order valence-corrected chi connectivity index (χ1v) is 10.3. The molecule has 0 bridgehead atoms. The van der Waals surface area contributed by atoms with Crippen LogP contribution in [0.15, 0.2) is 40.6 Å².